The van der Waals surface area contributed by atoms with Gasteiger partial charge in [0.05, 0.1) is 28.6 Å². The molecule has 0 aliphatic carbocycles. The van der Waals surface area contributed by atoms with Gasteiger partial charge in [-0.1, -0.05) is 41.6 Å². The summed E-state index contributed by atoms with van der Waals surface area (Å²) in [6.07, 6.45) is 2.52. The maximum atomic E-state index is 13.1. The second-order valence-electron chi connectivity index (χ2n) is 8.91. The third kappa shape index (κ3) is 5.38. The smallest absolute Gasteiger partial charge is 0.189 e. The molecule has 3 heterocycles. The van der Waals surface area contributed by atoms with Gasteiger partial charge in [-0.25, -0.2) is 18.4 Å². The minimum absolute atomic E-state index is 0.173. The molecule has 0 saturated carbocycles. The van der Waals surface area contributed by atoms with E-state index in [0.717, 1.165) is 11.1 Å². The Bertz CT molecular complexity index is 1480. The zero-order valence-corrected chi connectivity index (χ0v) is 21.0. The van der Waals surface area contributed by atoms with Gasteiger partial charge in [0.25, 0.3) is 0 Å². The zero-order valence-electron chi connectivity index (χ0n) is 20.2. The molecule has 2 aromatic carbocycles. The van der Waals surface area contributed by atoms with Gasteiger partial charge in [-0.05, 0) is 30.5 Å². The quantitative estimate of drug-likeness (QED) is 0.353. The van der Waals surface area contributed by atoms with Gasteiger partial charge in [0, 0.05) is 37.5 Å². The Hall–Kier alpha value is -3.67. The highest BCUT2D eigenvalue weighted by Gasteiger charge is 2.29. The summed E-state index contributed by atoms with van der Waals surface area (Å²) >= 11 is 0. The molecule has 37 heavy (non-hydrogen) atoms. The number of hydrogen-bond donors (Lipinski definition) is 1. The summed E-state index contributed by atoms with van der Waals surface area (Å²) in [5.41, 5.74) is 9.81. The molecule has 0 unspecified atom stereocenters. The summed E-state index contributed by atoms with van der Waals surface area (Å²) in [4.78, 5) is 9.14. The molecular weight excluding hydrogens is 497 g/mol. The third-order valence-electron chi connectivity index (χ3n) is 6.28. The molecule has 5 rings (SSSR count). The summed E-state index contributed by atoms with van der Waals surface area (Å²) in [5, 5.41) is 4.30. The molecule has 1 fully saturated rings. The summed E-state index contributed by atoms with van der Waals surface area (Å²) < 4.78 is 49.8. The lowest BCUT2D eigenvalue weighted by molar-refractivity contribution is 0.0506. The second-order valence-corrected chi connectivity index (χ2v) is 11.1. The van der Waals surface area contributed by atoms with Crippen molar-refractivity contribution in [3.8, 4) is 34.0 Å². The van der Waals surface area contributed by atoms with E-state index >= 15 is 0 Å². The Kier molecular flexibility index (Phi) is 7.00. The Morgan fingerprint density at radius 2 is 1.68 bits per heavy atom. The van der Waals surface area contributed by atoms with E-state index in [2.05, 4.69) is 15.1 Å². The molecule has 9 nitrogen and oxygen atoms in total. The lowest BCUT2D eigenvalue weighted by Crippen LogP contribution is -2.28. The van der Waals surface area contributed by atoms with E-state index < -0.39 is 15.1 Å². The minimum atomic E-state index is -3.43. The average molecular weight is 524 g/mol. The number of nitrogens with two attached hydrogens (primary N) is 1. The maximum absolute atomic E-state index is 13.1. The van der Waals surface area contributed by atoms with Crippen LogP contribution in [0.5, 0.6) is 0 Å². The van der Waals surface area contributed by atoms with Crippen LogP contribution in [-0.2, 0) is 21.1 Å². The maximum Gasteiger partial charge on any atom is 0.189 e. The van der Waals surface area contributed by atoms with E-state index in [4.69, 9.17) is 15.0 Å². The molecule has 2 aromatic heterocycles. The van der Waals surface area contributed by atoms with Crippen molar-refractivity contribution in [3.63, 3.8) is 0 Å². The molecule has 0 bridgehead atoms. The van der Waals surface area contributed by atoms with Gasteiger partial charge in [-0.2, -0.15) is 0 Å². The van der Waals surface area contributed by atoms with Crippen LogP contribution < -0.4 is 5.73 Å². The first-order valence-electron chi connectivity index (χ1n) is 11.8. The molecule has 1 aliphatic heterocycles. The van der Waals surface area contributed by atoms with E-state index in [1.807, 2.05) is 24.3 Å². The van der Waals surface area contributed by atoms with Gasteiger partial charge >= 0.3 is 0 Å². The Balaban J connectivity index is 1.38. The minimum Gasteiger partial charge on any atom is -0.382 e. The topological polar surface area (TPSA) is 124 Å². The Labute approximate surface area is 213 Å². The highest BCUT2D eigenvalue weighted by molar-refractivity contribution is 7.92. The van der Waals surface area contributed by atoms with Crippen molar-refractivity contribution in [1.29, 1.82) is 0 Å². The molecular formula is C26H26FN5O4S. The van der Waals surface area contributed by atoms with Crippen molar-refractivity contribution in [1.82, 2.24) is 20.2 Å². The summed E-state index contributed by atoms with van der Waals surface area (Å²) in [6, 6.07) is 15.6. The fraction of sp³-hybridized carbons (Fsp3) is 0.269. The van der Waals surface area contributed by atoms with Crippen LogP contribution in [0.15, 0.2) is 70.2 Å². The molecule has 1 aliphatic rings. The fourth-order valence-corrected chi connectivity index (χ4v) is 5.98. The molecule has 0 atom stereocenters. The molecule has 1 saturated heterocycles. The van der Waals surface area contributed by atoms with Gasteiger partial charge in [0.2, 0.25) is 0 Å². The van der Waals surface area contributed by atoms with E-state index in [9.17, 15) is 12.9 Å². The SMILES string of the molecule is CN(F)Cc1ccc(-c2cc(-c3nc(-c4ccc(S(=O)(=O)C5CCOCC5)cc4)cnc3N)on2)cc1. The van der Waals surface area contributed by atoms with Crippen molar-refractivity contribution in [2.75, 3.05) is 26.0 Å². The highest BCUT2D eigenvalue weighted by atomic mass is 32.2. The average Bonchev–Trinajstić information content (AvgIpc) is 3.40. The monoisotopic (exact) mass is 523 g/mol. The van der Waals surface area contributed by atoms with Crippen LogP contribution in [0.4, 0.5) is 10.3 Å². The number of nitrogen functional groups attached to an aromatic ring is 1. The molecule has 0 radical (unpaired) electrons. The Morgan fingerprint density at radius 3 is 2.35 bits per heavy atom. The third-order valence-corrected chi connectivity index (χ3v) is 8.56. The second kappa shape index (κ2) is 10.4. The van der Waals surface area contributed by atoms with Crippen LogP contribution in [0.25, 0.3) is 34.0 Å². The van der Waals surface area contributed by atoms with Crippen molar-refractivity contribution < 1.29 is 22.2 Å². The van der Waals surface area contributed by atoms with Crippen molar-refractivity contribution in [2.24, 2.45) is 0 Å². The fourth-order valence-electron chi connectivity index (χ4n) is 4.27. The van der Waals surface area contributed by atoms with E-state index in [1.54, 1.807) is 30.3 Å². The molecule has 192 valence electrons. The number of sulfone groups is 1. The summed E-state index contributed by atoms with van der Waals surface area (Å²) in [7, 11) is -2.07. The number of nitrogens with zero attached hydrogens (tertiary/aromatic N) is 4. The molecule has 11 heteroatoms. The number of rotatable bonds is 7. The number of aromatic nitrogens is 3. The summed E-state index contributed by atoms with van der Waals surface area (Å²) in [6.45, 7) is 1.10. The predicted octanol–water partition coefficient (Wildman–Crippen LogP) is 4.32. The number of anilines is 1. The van der Waals surface area contributed by atoms with Crippen molar-refractivity contribution >= 4 is 15.7 Å². The van der Waals surface area contributed by atoms with Gasteiger partial charge < -0.3 is 15.0 Å². The molecule has 2 N–H and O–H groups in total. The van der Waals surface area contributed by atoms with Crippen LogP contribution in [0.3, 0.4) is 0 Å². The number of ether oxygens (including phenoxy) is 1. The van der Waals surface area contributed by atoms with Crippen molar-refractivity contribution in [2.45, 2.75) is 29.5 Å². The van der Waals surface area contributed by atoms with E-state index in [1.165, 1.54) is 13.2 Å². The lowest BCUT2D eigenvalue weighted by atomic mass is 10.1. The molecule has 4 aromatic rings. The van der Waals surface area contributed by atoms with E-state index in [-0.39, 0.29) is 17.3 Å². The number of halogens is 1. The van der Waals surface area contributed by atoms with Gasteiger partial charge in [-0.15, -0.1) is 9.60 Å². The normalized spacial score (nSPS) is 14.8. The zero-order chi connectivity index (χ0) is 26.0. The van der Waals surface area contributed by atoms with Gasteiger partial charge in [0.15, 0.2) is 27.1 Å². The van der Waals surface area contributed by atoms with Crippen molar-refractivity contribution in [3.05, 3.63) is 66.4 Å². The number of benzene rings is 2. The number of hydrogen-bond acceptors (Lipinski definition) is 9. The van der Waals surface area contributed by atoms with Crippen LogP contribution in [-0.4, -0.2) is 54.2 Å². The van der Waals surface area contributed by atoms with Crippen LogP contribution in [0.1, 0.15) is 18.4 Å². The Morgan fingerprint density at radius 1 is 1.03 bits per heavy atom. The largest absolute Gasteiger partial charge is 0.382 e. The van der Waals surface area contributed by atoms with Crippen LogP contribution in [0.2, 0.25) is 0 Å². The summed E-state index contributed by atoms with van der Waals surface area (Å²) in [5.74, 6) is 0.514. The predicted molar refractivity (Wildman–Crippen MR) is 136 cm³/mol. The standard InChI is InChI=1S/C26H26FN5O4S/c1-32(27)16-17-2-4-18(5-3-17)22-14-24(36-31-22)25-26(28)29-15-23(30-25)19-6-8-20(9-7-19)37(33,34)21-10-12-35-13-11-21/h2-9,14-15,21H,10-13,16H2,1H3,(H2,28,29). The van der Waals surface area contributed by atoms with Gasteiger partial charge in [0.1, 0.15) is 5.69 Å². The van der Waals surface area contributed by atoms with Crippen LogP contribution >= 0.6 is 0 Å². The first-order valence-corrected chi connectivity index (χ1v) is 13.3. The van der Waals surface area contributed by atoms with E-state index in [0.29, 0.717) is 59.6 Å². The molecule has 0 spiro atoms. The first-order chi connectivity index (χ1) is 17.8. The van der Waals surface area contributed by atoms with Gasteiger partial charge in [-0.3, -0.25) is 0 Å². The highest BCUT2D eigenvalue weighted by Crippen LogP contribution is 2.31. The first kappa shape index (κ1) is 25.0. The van der Waals surface area contributed by atoms with Crippen LogP contribution in [0, 0.1) is 0 Å². The lowest BCUT2D eigenvalue weighted by Gasteiger charge is -2.22. The molecule has 0 amide bonds.